The summed E-state index contributed by atoms with van der Waals surface area (Å²) in [5.41, 5.74) is 1.43. The van der Waals surface area contributed by atoms with Crippen LogP contribution in [-0.4, -0.2) is 41.5 Å². The number of rotatable bonds is 5. The van der Waals surface area contributed by atoms with Crippen LogP contribution < -0.4 is 15.6 Å². The Hall–Kier alpha value is -2.83. The van der Waals surface area contributed by atoms with E-state index in [2.05, 4.69) is 15.3 Å². The number of carbonyl (C=O) groups is 1. The van der Waals surface area contributed by atoms with Crippen LogP contribution in [0.4, 0.5) is 5.95 Å². The third kappa shape index (κ3) is 3.56. The molecule has 1 aromatic carbocycles. The molecule has 24 heavy (non-hydrogen) atoms. The third-order valence-corrected chi connectivity index (χ3v) is 4.11. The van der Waals surface area contributed by atoms with E-state index in [1.54, 1.807) is 19.1 Å². The quantitative estimate of drug-likeness (QED) is 0.865. The number of H-pyrrole nitrogens is 1. The number of carbonyl (C=O) groups excluding carboxylic acids is 1. The van der Waals surface area contributed by atoms with Crippen molar-refractivity contribution in [3.8, 4) is 5.75 Å². The number of likely N-dealkylation sites (N-methyl/N-ethyl adjacent to an activating group) is 1. The molecule has 2 aromatic rings. The normalized spacial score (nSPS) is 17.2. The molecule has 0 radical (unpaired) electrons. The van der Waals surface area contributed by atoms with Crippen molar-refractivity contribution in [2.75, 3.05) is 26.0 Å². The van der Waals surface area contributed by atoms with Crippen LogP contribution >= 0.6 is 0 Å². The minimum absolute atomic E-state index is 0.0397. The maximum absolute atomic E-state index is 11.9. The van der Waals surface area contributed by atoms with Crippen molar-refractivity contribution in [2.24, 2.45) is 0 Å². The minimum Gasteiger partial charge on any atom is -0.497 e. The standard InChI is InChI=1S/C17H20N4O3/c1-21-10-12(7-16(21)23)14-8-15(22)20-17(19-14)18-9-11-4-3-5-13(6-11)24-2/h3-6,8,12H,7,9-10H2,1-2H3,(H2,18,19,20,22)/t12-/m1/s1. The van der Waals surface area contributed by atoms with Crippen LogP contribution in [0.2, 0.25) is 0 Å². The van der Waals surface area contributed by atoms with E-state index in [4.69, 9.17) is 4.74 Å². The number of aromatic amines is 1. The summed E-state index contributed by atoms with van der Waals surface area (Å²) in [5.74, 6) is 1.22. The van der Waals surface area contributed by atoms with E-state index >= 15 is 0 Å². The van der Waals surface area contributed by atoms with Gasteiger partial charge in [-0.05, 0) is 17.7 Å². The Bertz CT molecular complexity index is 802. The monoisotopic (exact) mass is 328 g/mol. The van der Waals surface area contributed by atoms with Crippen LogP contribution in [0.15, 0.2) is 35.1 Å². The zero-order valence-corrected chi connectivity index (χ0v) is 13.7. The van der Waals surface area contributed by atoms with E-state index in [0.29, 0.717) is 31.2 Å². The van der Waals surface area contributed by atoms with Gasteiger partial charge < -0.3 is 15.0 Å². The molecule has 0 saturated carbocycles. The Labute approximate surface area is 139 Å². The average molecular weight is 328 g/mol. The molecule has 1 atom stereocenters. The van der Waals surface area contributed by atoms with Gasteiger partial charge in [-0.1, -0.05) is 12.1 Å². The van der Waals surface area contributed by atoms with Crippen molar-refractivity contribution in [1.29, 1.82) is 0 Å². The molecular formula is C17H20N4O3. The maximum atomic E-state index is 11.9. The van der Waals surface area contributed by atoms with E-state index in [0.717, 1.165) is 11.3 Å². The molecule has 7 nitrogen and oxygen atoms in total. The summed E-state index contributed by atoms with van der Waals surface area (Å²) in [6.07, 6.45) is 0.391. The number of hydrogen-bond donors (Lipinski definition) is 2. The van der Waals surface area contributed by atoms with Crippen molar-refractivity contribution < 1.29 is 9.53 Å². The van der Waals surface area contributed by atoms with Crippen LogP contribution in [-0.2, 0) is 11.3 Å². The molecule has 1 fully saturated rings. The van der Waals surface area contributed by atoms with Crippen LogP contribution in [0, 0.1) is 0 Å². The third-order valence-electron chi connectivity index (χ3n) is 4.11. The van der Waals surface area contributed by atoms with Gasteiger partial charge >= 0.3 is 0 Å². The first kappa shape index (κ1) is 16.0. The fraction of sp³-hybridized carbons (Fsp3) is 0.353. The molecular weight excluding hydrogens is 308 g/mol. The van der Waals surface area contributed by atoms with Crippen LogP contribution in [0.3, 0.4) is 0 Å². The summed E-state index contributed by atoms with van der Waals surface area (Å²) in [4.78, 5) is 32.4. The Kier molecular flexibility index (Phi) is 4.50. The highest BCUT2D eigenvalue weighted by atomic mass is 16.5. The van der Waals surface area contributed by atoms with E-state index in [-0.39, 0.29) is 17.4 Å². The molecule has 0 unspecified atom stereocenters. The molecule has 1 amide bonds. The highest BCUT2D eigenvalue weighted by Crippen LogP contribution is 2.25. The van der Waals surface area contributed by atoms with Crippen molar-refractivity contribution in [3.05, 3.63) is 51.9 Å². The number of amides is 1. The molecule has 0 bridgehead atoms. The molecule has 1 aliphatic rings. The van der Waals surface area contributed by atoms with E-state index < -0.39 is 0 Å². The first-order valence-corrected chi connectivity index (χ1v) is 7.77. The molecule has 2 N–H and O–H groups in total. The first-order chi connectivity index (χ1) is 11.5. The van der Waals surface area contributed by atoms with Crippen molar-refractivity contribution in [1.82, 2.24) is 14.9 Å². The van der Waals surface area contributed by atoms with Crippen LogP contribution in [0.5, 0.6) is 5.75 Å². The summed E-state index contributed by atoms with van der Waals surface area (Å²) >= 11 is 0. The summed E-state index contributed by atoms with van der Waals surface area (Å²) in [6, 6.07) is 9.12. The van der Waals surface area contributed by atoms with E-state index in [1.807, 2.05) is 24.3 Å². The van der Waals surface area contributed by atoms with Gasteiger partial charge in [-0.3, -0.25) is 14.6 Å². The molecule has 7 heteroatoms. The lowest BCUT2D eigenvalue weighted by atomic mass is 10.0. The molecule has 1 aromatic heterocycles. The van der Waals surface area contributed by atoms with Crippen LogP contribution in [0.1, 0.15) is 23.6 Å². The number of nitrogens with one attached hydrogen (secondary N) is 2. The fourth-order valence-corrected chi connectivity index (χ4v) is 2.80. The average Bonchev–Trinajstić information content (AvgIpc) is 2.92. The van der Waals surface area contributed by atoms with Gasteiger partial charge in [-0.15, -0.1) is 0 Å². The second kappa shape index (κ2) is 6.74. The predicted octanol–water partition coefficient (Wildman–Crippen LogP) is 1.34. The first-order valence-electron chi connectivity index (χ1n) is 7.77. The van der Waals surface area contributed by atoms with Crippen LogP contribution in [0.25, 0.3) is 0 Å². The van der Waals surface area contributed by atoms with Gasteiger partial charge in [-0.2, -0.15) is 0 Å². The van der Waals surface area contributed by atoms with E-state index in [9.17, 15) is 9.59 Å². The van der Waals surface area contributed by atoms with Gasteiger partial charge in [0.05, 0.1) is 12.8 Å². The lowest BCUT2D eigenvalue weighted by molar-refractivity contribution is -0.126. The summed E-state index contributed by atoms with van der Waals surface area (Å²) < 4.78 is 5.19. The lowest BCUT2D eigenvalue weighted by Gasteiger charge is -2.12. The minimum atomic E-state index is -0.227. The second-order valence-corrected chi connectivity index (χ2v) is 5.90. The number of anilines is 1. The molecule has 1 aliphatic heterocycles. The van der Waals surface area contributed by atoms with E-state index in [1.165, 1.54) is 6.07 Å². The van der Waals surface area contributed by atoms with Crippen molar-refractivity contribution >= 4 is 11.9 Å². The summed E-state index contributed by atoms with van der Waals surface area (Å²) in [5, 5.41) is 3.12. The van der Waals surface area contributed by atoms with Gasteiger partial charge in [0.15, 0.2) is 0 Å². The number of benzene rings is 1. The fourth-order valence-electron chi connectivity index (χ4n) is 2.80. The van der Waals surface area contributed by atoms with Crippen molar-refractivity contribution in [3.63, 3.8) is 0 Å². The van der Waals surface area contributed by atoms with Gasteiger partial charge in [0.2, 0.25) is 11.9 Å². The summed E-state index contributed by atoms with van der Waals surface area (Å²) in [6.45, 7) is 1.09. The second-order valence-electron chi connectivity index (χ2n) is 5.90. The number of hydrogen-bond acceptors (Lipinski definition) is 5. The van der Waals surface area contributed by atoms with Gasteiger partial charge in [0.25, 0.3) is 5.56 Å². The molecule has 3 rings (SSSR count). The smallest absolute Gasteiger partial charge is 0.252 e. The maximum Gasteiger partial charge on any atom is 0.252 e. The number of ether oxygens (including phenoxy) is 1. The largest absolute Gasteiger partial charge is 0.497 e. The Balaban J connectivity index is 1.74. The molecule has 126 valence electrons. The Morgan fingerprint density at radius 2 is 2.21 bits per heavy atom. The van der Waals surface area contributed by atoms with Gasteiger partial charge in [0, 0.05) is 38.5 Å². The lowest BCUT2D eigenvalue weighted by Crippen LogP contribution is -2.20. The number of likely N-dealkylation sites (tertiary alicyclic amines) is 1. The number of methoxy groups -OCH3 is 1. The SMILES string of the molecule is COc1cccc(CNc2nc([C@@H]3CC(=O)N(C)C3)cc(=O)[nH]2)c1. The molecule has 0 spiro atoms. The molecule has 1 saturated heterocycles. The van der Waals surface area contributed by atoms with Crippen molar-refractivity contribution in [2.45, 2.75) is 18.9 Å². The molecule has 0 aliphatic carbocycles. The Morgan fingerprint density at radius 1 is 1.38 bits per heavy atom. The van der Waals surface area contributed by atoms with Gasteiger partial charge in [-0.25, -0.2) is 4.98 Å². The number of aromatic nitrogens is 2. The zero-order valence-electron chi connectivity index (χ0n) is 13.7. The Morgan fingerprint density at radius 3 is 2.92 bits per heavy atom. The van der Waals surface area contributed by atoms with Gasteiger partial charge in [0.1, 0.15) is 5.75 Å². The topological polar surface area (TPSA) is 87.3 Å². The molecule has 2 heterocycles. The zero-order chi connectivity index (χ0) is 17.1. The number of nitrogens with zero attached hydrogens (tertiary/aromatic N) is 2. The summed E-state index contributed by atoms with van der Waals surface area (Å²) in [7, 11) is 3.38. The highest BCUT2D eigenvalue weighted by molar-refractivity contribution is 5.79. The highest BCUT2D eigenvalue weighted by Gasteiger charge is 2.29. The predicted molar refractivity (Wildman–Crippen MR) is 90.2 cm³/mol.